The van der Waals surface area contributed by atoms with Gasteiger partial charge in [-0.15, -0.1) is 0 Å². The second-order valence-electron chi connectivity index (χ2n) is 6.06. The van der Waals surface area contributed by atoms with Crippen molar-refractivity contribution >= 4 is 15.9 Å². The van der Waals surface area contributed by atoms with Gasteiger partial charge in [0.2, 0.25) is 15.9 Å². The summed E-state index contributed by atoms with van der Waals surface area (Å²) in [7, 11) is -1.55. The number of benzene rings is 1. The first kappa shape index (κ1) is 17.9. The van der Waals surface area contributed by atoms with Crippen LogP contribution in [0.1, 0.15) is 43.2 Å². The number of hydrogen-bond donors (Lipinski definition) is 1. The molecule has 0 saturated carbocycles. The summed E-state index contributed by atoms with van der Waals surface area (Å²) in [5.74, 6) is 0.471. The molecule has 1 atom stereocenters. The van der Waals surface area contributed by atoms with Gasteiger partial charge in [0, 0.05) is 26.6 Å². The molecule has 0 spiro atoms. The molecule has 23 heavy (non-hydrogen) atoms. The highest BCUT2D eigenvalue weighted by Gasteiger charge is 2.24. The molecule has 0 unspecified atom stereocenters. The zero-order valence-corrected chi connectivity index (χ0v) is 14.7. The molecule has 0 aromatic heterocycles. The fourth-order valence-corrected chi connectivity index (χ4v) is 3.89. The zero-order chi connectivity index (χ0) is 16.9. The molecule has 0 fully saturated rings. The van der Waals surface area contributed by atoms with Crippen LogP contribution in [0.15, 0.2) is 24.3 Å². The number of carbonyl (C=O) groups is 1. The van der Waals surface area contributed by atoms with Crippen LogP contribution in [0, 0.1) is 0 Å². The van der Waals surface area contributed by atoms with Crippen LogP contribution < -0.4 is 5.32 Å². The molecule has 6 heteroatoms. The highest BCUT2D eigenvalue weighted by molar-refractivity contribution is 7.89. The molecule has 0 radical (unpaired) electrons. The Labute approximate surface area is 139 Å². The van der Waals surface area contributed by atoms with E-state index in [0.29, 0.717) is 31.8 Å². The lowest BCUT2D eigenvalue weighted by molar-refractivity contribution is -0.121. The monoisotopic (exact) mass is 338 g/mol. The largest absolute Gasteiger partial charge is 0.356 e. The Bertz CT molecular complexity index is 643. The Hall–Kier alpha value is -1.40. The van der Waals surface area contributed by atoms with Crippen molar-refractivity contribution in [1.82, 2.24) is 9.62 Å². The van der Waals surface area contributed by atoms with Crippen molar-refractivity contribution in [3.05, 3.63) is 35.4 Å². The van der Waals surface area contributed by atoms with Gasteiger partial charge in [-0.3, -0.25) is 4.79 Å². The number of aryl methyl sites for hydroxylation is 1. The predicted molar refractivity (Wildman–Crippen MR) is 91.8 cm³/mol. The van der Waals surface area contributed by atoms with E-state index in [2.05, 4.69) is 17.4 Å². The number of fused-ring (bicyclic) bond motifs is 1. The molecule has 1 aliphatic carbocycles. The minimum absolute atomic E-state index is 0.0488. The smallest absolute Gasteiger partial charge is 0.220 e. The molecule has 1 aromatic carbocycles. The van der Waals surface area contributed by atoms with Crippen molar-refractivity contribution < 1.29 is 13.2 Å². The van der Waals surface area contributed by atoms with Crippen molar-refractivity contribution in [3.63, 3.8) is 0 Å². The summed E-state index contributed by atoms with van der Waals surface area (Å²) in [6.45, 7) is 2.58. The van der Waals surface area contributed by atoms with Crippen LogP contribution >= 0.6 is 0 Å². The van der Waals surface area contributed by atoms with Gasteiger partial charge in [-0.2, -0.15) is 0 Å². The average molecular weight is 338 g/mol. The van der Waals surface area contributed by atoms with Gasteiger partial charge in [-0.25, -0.2) is 12.7 Å². The molecular formula is C17H26N2O3S. The normalized spacial score (nSPS) is 17.3. The molecule has 0 heterocycles. The van der Waals surface area contributed by atoms with Crippen molar-refractivity contribution in [2.24, 2.45) is 0 Å². The topological polar surface area (TPSA) is 66.5 Å². The maximum absolute atomic E-state index is 12.1. The highest BCUT2D eigenvalue weighted by Crippen LogP contribution is 2.34. The third kappa shape index (κ3) is 4.78. The third-order valence-corrected chi connectivity index (χ3v) is 6.36. The second kappa shape index (κ2) is 7.93. The van der Waals surface area contributed by atoms with Gasteiger partial charge in [-0.05, 0) is 43.2 Å². The number of sulfonamides is 1. The molecular weight excluding hydrogens is 312 g/mol. The molecule has 1 amide bonds. The standard InChI is InChI=1S/C17H26N2O3S/c1-3-23(21,22)19(2)12-6-11-18-17(20)13-15-10-9-14-7-4-5-8-16(14)15/h4-5,7-8,15H,3,6,9-13H2,1-2H3,(H,18,20)/t15-/m0/s1. The predicted octanol–water partition coefficient (Wildman–Crippen LogP) is 1.89. The summed E-state index contributed by atoms with van der Waals surface area (Å²) in [6.07, 6.45) is 3.22. The van der Waals surface area contributed by atoms with E-state index >= 15 is 0 Å². The number of nitrogens with zero attached hydrogens (tertiary/aromatic N) is 1. The minimum atomic E-state index is -3.13. The quantitative estimate of drug-likeness (QED) is 0.736. The Balaban J connectivity index is 1.71. The van der Waals surface area contributed by atoms with Crippen molar-refractivity contribution in [2.45, 2.75) is 38.5 Å². The molecule has 128 valence electrons. The molecule has 0 aliphatic heterocycles. The van der Waals surface area contributed by atoms with Crippen molar-refractivity contribution in [1.29, 1.82) is 0 Å². The van der Waals surface area contributed by atoms with E-state index in [4.69, 9.17) is 0 Å². The van der Waals surface area contributed by atoms with Crippen molar-refractivity contribution in [2.75, 3.05) is 25.9 Å². The van der Waals surface area contributed by atoms with Gasteiger partial charge in [0.15, 0.2) is 0 Å². The molecule has 1 N–H and O–H groups in total. The van der Waals surface area contributed by atoms with Crippen LogP contribution in [0.2, 0.25) is 0 Å². The fraction of sp³-hybridized carbons (Fsp3) is 0.588. The fourth-order valence-electron chi connectivity index (χ4n) is 3.04. The van der Waals surface area contributed by atoms with Gasteiger partial charge < -0.3 is 5.32 Å². The summed E-state index contributed by atoms with van der Waals surface area (Å²) < 4.78 is 24.6. The number of rotatable bonds is 8. The lowest BCUT2D eigenvalue weighted by atomic mass is 9.97. The molecule has 0 saturated heterocycles. The number of amides is 1. The molecule has 0 bridgehead atoms. The van der Waals surface area contributed by atoms with Crippen LogP contribution in [-0.4, -0.2) is 44.5 Å². The Morgan fingerprint density at radius 1 is 1.35 bits per heavy atom. The van der Waals surface area contributed by atoms with Gasteiger partial charge in [0.05, 0.1) is 5.75 Å². The first-order valence-electron chi connectivity index (χ1n) is 8.22. The van der Waals surface area contributed by atoms with E-state index in [1.165, 1.54) is 15.4 Å². The summed E-state index contributed by atoms with van der Waals surface area (Å²) in [5, 5.41) is 2.90. The maximum Gasteiger partial charge on any atom is 0.220 e. The summed E-state index contributed by atoms with van der Waals surface area (Å²) in [5.41, 5.74) is 2.66. The highest BCUT2D eigenvalue weighted by atomic mass is 32.2. The van der Waals surface area contributed by atoms with E-state index in [1.807, 2.05) is 12.1 Å². The average Bonchev–Trinajstić information content (AvgIpc) is 2.94. The molecule has 5 nitrogen and oxygen atoms in total. The van der Waals surface area contributed by atoms with Gasteiger partial charge in [-0.1, -0.05) is 24.3 Å². The lowest BCUT2D eigenvalue weighted by Crippen LogP contribution is -2.32. The van der Waals surface area contributed by atoms with Crippen molar-refractivity contribution in [3.8, 4) is 0 Å². The van der Waals surface area contributed by atoms with E-state index in [-0.39, 0.29) is 11.7 Å². The molecule has 2 rings (SSSR count). The van der Waals surface area contributed by atoms with Crippen LogP contribution in [0.5, 0.6) is 0 Å². The SMILES string of the molecule is CCS(=O)(=O)N(C)CCCNC(=O)C[C@@H]1CCc2ccccc21. The summed E-state index contributed by atoms with van der Waals surface area (Å²) in [4.78, 5) is 12.1. The van der Waals surface area contributed by atoms with E-state index in [1.54, 1.807) is 14.0 Å². The zero-order valence-electron chi connectivity index (χ0n) is 13.9. The van der Waals surface area contributed by atoms with Gasteiger partial charge in [0.1, 0.15) is 0 Å². The Morgan fingerprint density at radius 3 is 2.83 bits per heavy atom. The van der Waals surface area contributed by atoms with Gasteiger partial charge in [0.25, 0.3) is 0 Å². The number of nitrogens with one attached hydrogen (secondary N) is 1. The first-order chi connectivity index (χ1) is 10.9. The van der Waals surface area contributed by atoms with Crippen LogP contribution in [0.25, 0.3) is 0 Å². The summed E-state index contributed by atoms with van der Waals surface area (Å²) >= 11 is 0. The van der Waals surface area contributed by atoms with Crippen LogP contribution in [0.3, 0.4) is 0 Å². The number of carbonyl (C=O) groups excluding carboxylic acids is 1. The minimum Gasteiger partial charge on any atom is -0.356 e. The molecule has 1 aromatic rings. The summed E-state index contributed by atoms with van der Waals surface area (Å²) in [6, 6.07) is 8.32. The van der Waals surface area contributed by atoms with E-state index in [9.17, 15) is 13.2 Å². The third-order valence-electron chi connectivity index (χ3n) is 4.50. The molecule has 1 aliphatic rings. The number of hydrogen-bond acceptors (Lipinski definition) is 3. The van der Waals surface area contributed by atoms with E-state index in [0.717, 1.165) is 12.8 Å². The first-order valence-corrected chi connectivity index (χ1v) is 9.83. The second-order valence-corrected chi connectivity index (χ2v) is 8.43. The van der Waals surface area contributed by atoms with Gasteiger partial charge >= 0.3 is 0 Å². The van der Waals surface area contributed by atoms with Crippen LogP contribution in [-0.2, 0) is 21.2 Å². The maximum atomic E-state index is 12.1. The van der Waals surface area contributed by atoms with E-state index < -0.39 is 10.0 Å². The van der Waals surface area contributed by atoms with Crippen LogP contribution in [0.4, 0.5) is 0 Å². The lowest BCUT2D eigenvalue weighted by Gasteiger charge is -2.16. The Kier molecular flexibility index (Phi) is 6.18. The Morgan fingerprint density at radius 2 is 2.09 bits per heavy atom.